The Kier molecular flexibility index (Phi) is 5.74. The SMILES string of the molecule is Cc1nc2c(n1Cc1ccc(-c3ccccc3-c3nnn[nH]3)cc1)CN(CC1CC1)CN2c1ccccc1. The lowest BCUT2D eigenvalue weighted by molar-refractivity contribution is 0.243. The molecule has 190 valence electrons. The molecule has 8 heteroatoms. The molecule has 7 rings (SSSR count). The van der Waals surface area contributed by atoms with E-state index in [4.69, 9.17) is 4.98 Å². The van der Waals surface area contributed by atoms with Crippen LogP contribution in [0, 0.1) is 12.8 Å². The maximum absolute atomic E-state index is 5.08. The van der Waals surface area contributed by atoms with E-state index >= 15 is 0 Å². The molecule has 0 spiro atoms. The van der Waals surface area contributed by atoms with Gasteiger partial charge in [0.2, 0.25) is 0 Å². The number of aromatic nitrogens is 6. The van der Waals surface area contributed by atoms with E-state index in [-0.39, 0.29) is 0 Å². The van der Waals surface area contributed by atoms with Crippen molar-refractivity contribution in [2.45, 2.75) is 32.9 Å². The summed E-state index contributed by atoms with van der Waals surface area (Å²) in [6.45, 7) is 5.90. The van der Waals surface area contributed by atoms with E-state index in [1.54, 1.807) is 0 Å². The summed E-state index contributed by atoms with van der Waals surface area (Å²) in [6.07, 6.45) is 2.71. The second kappa shape index (κ2) is 9.54. The first kappa shape index (κ1) is 22.9. The lowest BCUT2D eigenvalue weighted by Crippen LogP contribution is -2.41. The summed E-state index contributed by atoms with van der Waals surface area (Å²) in [7, 11) is 0. The zero-order valence-corrected chi connectivity index (χ0v) is 21.5. The first-order valence-electron chi connectivity index (χ1n) is 13.3. The smallest absolute Gasteiger partial charge is 0.180 e. The van der Waals surface area contributed by atoms with E-state index in [9.17, 15) is 0 Å². The number of benzene rings is 3. The highest BCUT2D eigenvalue weighted by Gasteiger charge is 2.32. The highest BCUT2D eigenvalue weighted by molar-refractivity contribution is 5.80. The van der Waals surface area contributed by atoms with Gasteiger partial charge in [-0.1, -0.05) is 66.7 Å². The molecule has 8 nitrogen and oxygen atoms in total. The monoisotopic (exact) mass is 502 g/mol. The predicted molar refractivity (Wildman–Crippen MR) is 148 cm³/mol. The van der Waals surface area contributed by atoms with Crippen LogP contribution in [0.3, 0.4) is 0 Å². The number of hydrogen-bond donors (Lipinski definition) is 1. The number of para-hydroxylation sites is 1. The minimum Gasteiger partial charge on any atom is -0.325 e. The molecule has 2 aromatic heterocycles. The molecule has 0 saturated heterocycles. The standard InChI is InChI=1S/C30H30N8/c1-21-31-30-28(19-36(17-22-11-12-22)20-38(30)25-7-3-2-4-8-25)37(21)18-23-13-15-24(16-14-23)26-9-5-6-10-27(26)29-32-34-35-33-29/h2-10,13-16,22H,11-12,17-20H2,1H3,(H,32,33,34,35). The van der Waals surface area contributed by atoms with Gasteiger partial charge in [-0.2, -0.15) is 0 Å². The van der Waals surface area contributed by atoms with Crippen LogP contribution in [0.2, 0.25) is 0 Å². The van der Waals surface area contributed by atoms with Crippen molar-refractivity contribution in [3.8, 4) is 22.5 Å². The Morgan fingerprint density at radius 2 is 1.66 bits per heavy atom. The summed E-state index contributed by atoms with van der Waals surface area (Å²) in [6, 6.07) is 27.7. The van der Waals surface area contributed by atoms with Crippen LogP contribution < -0.4 is 4.90 Å². The number of nitrogens with one attached hydrogen (secondary N) is 1. The van der Waals surface area contributed by atoms with Crippen molar-refractivity contribution in [3.63, 3.8) is 0 Å². The molecule has 0 amide bonds. The zero-order valence-electron chi connectivity index (χ0n) is 21.5. The topological polar surface area (TPSA) is 78.8 Å². The molecule has 3 aromatic carbocycles. The molecule has 0 atom stereocenters. The van der Waals surface area contributed by atoms with Gasteiger partial charge in [0.25, 0.3) is 0 Å². The lowest BCUT2D eigenvalue weighted by atomic mass is 9.98. The summed E-state index contributed by atoms with van der Waals surface area (Å²) in [5.74, 6) is 3.65. The van der Waals surface area contributed by atoms with Crippen LogP contribution in [0.15, 0.2) is 78.9 Å². The average molecular weight is 503 g/mol. The van der Waals surface area contributed by atoms with Crippen molar-refractivity contribution in [3.05, 3.63) is 95.9 Å². The number of nitrogens with zero attached hydrogens (tertiary/aromatic N) is 7. The van der Waals surface area contributed by atoms with Crippen molar-refractivity contribution in [2.75, 3.05) is 18.1 Å². The summed E-state index contributed by atoms with van der Waals surface area (Å²) in [5, 5.41) is 14.5. The molecule has 1 aliphatic heterocycles. The first-order valence-corrected chi connectivity index (χ1v) is 13.3. The van der Waals surface area contributed by atoms with Crippen molar-refractivity contribution in [1.29, 1.82) is 0 Å². The minimum atomic E-state index is 0.670. The molecule has 3 heterocycles. The molecule has 38 heavy (non-hydrogen) atoms. The fraction of sp³-hybridized carbons (Fsp3) is 0.267. The number of aromatic amines is 1. The molecular weight excluding hydrogens is 472 g/mol. The fourth-order valence-corrected chi connectivity index (χ4v) is 5.49. The maximum atomic E-state index is 5.08. The third-order valence-corrected chi connectivity index (χ3v) is 7.63. The maximum Gasteiger partial charge on any atom is 0.180 e. The Hall–Kier alpha value is -4.30. The molecule has 1 fully saturated rings. The molecule has 5 aromatic rings. The van der Waals surface area contributed by atoms with Gasteiger partial charge in [0.05, 0.1) is 12.4 Å². The van der Waals surface area contributed by atoms with Gasteiger partial charge in [-0.15, -0.1) is 5.10 Å². The Morgan fingerprint density at radius 3 is 2.39 bits per heavy atom. The van der Waals surface area contributed by atoms with Crippen LogP contribution in [0.4, 0.5) is 11.5 Å². The summed E-state index contributed by atoms with van der Waals surface area (Å²) >= 11 is 0. The average Bonchev–Trinajstić information content (AvgIpc) is 3.49. The van der Waals surface area contributed by atoms with Crippen LogP contribution in [0.1, 0.15) is 29.9 Å². The molecule has 2 aliphatic rings. The first-order chi connectivity index (χ1) is 18.7. The molecule has 1 saturated carbocycles. The van der Waals surface area contributed by atoms with Gasteiger partial charge < -0.3 is 9.47 Å². The van der Waals surface area contributed by atoms with Gasteiger partial charge in [0, 0.05) is 30.9 Å². The van der Waals surface area contributed by atoms with Crippen molar-refractivity contribution in [2.24, 2.45) is 5.92 Å². The van der Waals surface area contributed by atoms with Gasteiger partial charge in [-0.25, -0.2) is 10.1 Å². The molecule has 1 N–H and O–H groups in total. The summed E-state index contributed by atoms with van der Waals surface area (Å²) in [4.78, 5) is 10.0. The Morgan fingerprint density at radius 1 is 0.895 bits per heavy atom. The molecule has 1 aliphatic carbocycles. The largest absolute Gasteiger partial charge is 0.325 e. The van der Waals surface area contributed by atoms with Gasteiger partial charge in [0.15, 0.2) is 11.6 Å². The van der Waals surface area contributed by atoms with E-state index in [0.29, 0.717) is 5.82 Å². The number of anilines is 2. The van der Waals surface area contributed by atoms with Gasteiger partial charge in [-0.05, 0) is 64.9 Å². The van der Waals surface area contributed by atoms with Crippen LogP contribution >= 0.6 is 0 Å². The van der Waals surface area contributed by atoms with Crippen molar-refractivity contribution >= 4 is 11.5 Å². The number of aryl methyl sites for hydroxylation is 1. The van der Waals surface area contributed by atoms with Crippen molar-refractivity contribution in [1.82, 2.24) is 35.1 Å². The minimum absolute atomic E-state index is 0.670. The number of H-pyrrole nitrogens is 1. The molecule has 0 bridgehead atoms. The van der Waals surface area contributed by atoms with Gasteiger partial charge in [0.1, 0.15) is 5.82 Å². The third-order valence-electron chi connectivity index (χ3n) is 7.63. The number of tetrazole rings is 1. The Labute approximate surface area is 221 Å². The van der Waals surface area contributed by atoms with Gasteiger partial charge in [-0.3, -0.25) is 4.90 Å². The highest BCUT2D eigenvalue weighted by Crippen LogP contribution is 2.37. The number of fused-ring (bicyclic) bond motifs is 1. The number of rotatable bonds is 7. The van der Waals surface area contributed by atoms with Gasteiger partial charge >= 0.3 is 0 Å². The number of imidazole rings is 1. The Bertz CT molecular complexity index is 1540. The van der Waals surface area contributed by atoms with Crippen LogP contribution in [-0.4, -0.2) is 48.3 Å². The molecule has 0 unspecified atom stereocenters. The predicted octanol–water partition coefficient (Wildman–Crippen LogP) is 5.41. The van der Waals surface area contributed by atoms with Crippen molar-refractivity contribution < 1.29 is 0 Å². The second-order valence-electron chi connectivity index (χ2n) is 10.4. The second-order valence-corrected chi connectivity index (χ2v) is 10.4. The van der Waals surface area contributed by atoms with Crippen LogP contribution in [-0.2, 0) is 13.1 Å². The van der Waals surface area contributed by atoms with E-state index in [2.05, 4.69) is 103 Å². The highest BCUT2D eigenvalue weighted by atomic mass is 15.5. The van der Waals surface area contributed by atoms with Crippen LogP contribution in [0.5, 0.6) is 0 Å². The number of hydrogen-bond acceptors (Lipinski definition) is 6. The Balaban J connectivity index is 1.19. The summed E-state index contributed by atoms with van der Waals surface area (Å²) in [5.41, 5.74) is 6.97. The van der Waals surface area contributed by atoms with E-state index in [0.717, 1.165) is 60.6 Å². The van der Waals surface area contributed by atoms with E-state index in [1.165, 1.54) is 29.8 Å². The van der Waals surface area contributed by atoms with Crippen LogP contribution in [0.25, 0.3) is 22.5 Å². The summed E-state index contributed by atoms with van der Waals surface area (Å²) < 4.78 is 2.40. The fourth-order valence-electron chi connectivity index (χ4n) is 5.49. The normalized spacial score (nSPS) is 15.6. The van der Waals surface area contributed by atoms with E-state index < -0.39 is 0 Å². The zero-order chi connectivity index (χ0) is 25.5. The van der Waals surface area contributed by atoms with E-state index in [1.807, 2.05) is 18.2 Å². The molecule has 0 radical (unpaired) electrons. The molecular formula is C30H30N8. The quantitative estimate of drug-likeness (QED) is 0.321. The lowest BCUT2D eigenvalue weighted by Gasteiger charge is -2.36. The third kappa shape index (κ3) is 4.37.